The van der Waals surface area contributed by atoms with Gasteiger partial charge in [0.2, 0.25) is 0 Å². The number of halogens is 2. The second-order valence-corrected chi connectivity index (χ2v) is 5.12. The highest BCUT2D eigenvalue weighted by Gasteiger charge is 2.22. The van der Waals surface area contributed by atoms with E-state index in [-0.39, 0.29) is 11.8 Å². The van der Waals surface area contributed by atoms with Gasteiger partial charge in [-0.1, -0.05) is 12.1 Å². The average molecular weight is 301 g/mol. The van der Waals surface area contributed by atoms with E-state index in [1.807, 2.05) is 0 Å². The average Bonchev–Trinajstić information content (AvgIpc) is 2.99. The summed E-state index contributed by atoms with van der Waals surface area (Å²) >= 11 is 0. The van der Waals surface area contributed by atoms with Gasteiger partial charge in [0.25, 0.3) is 0 Å². The summed E-state index contributed by atoms with van der Waals surface area (Å²) in [6.07, 6.45) is 1.02. The molecule has 2 unspecified atom stereocenters. The lowest BCUT2D eigenvalue weighted by molar-refractivity contribution is -0.0519. The molecule has 0 spiro atoms. The highest BCUT2D eigenvalue weighted by Crippen LogP contribution is 2.32. The van der Waals surface area contributed by atoms with Crippen LogP contribution < -0.4 is 14.8 Å². The Labute approximate surface area is 123 Å². The molecule has 2 atom stereocenters. The Kier molecular flexibility index (Phi) is 5.76. The summed E-state index contributed by atoms with van der Waals surface area (Å²) in [6.45, 7) is 1.17. The van der Waals surface area contributed by atoms with Crippen molar-refractivity contribution in [2.75, 3.05) is 20.3 Å². The summed E-state index contributed by atoms with van der Waals surface area (Å²) < 4.78 is 40.1. The molecule has 1 N–H and O–H groups in total. The van der Waals surface area contributed by atoms with Gasteiger partial charge in [0.05, 0.1) is 13.7 Å². The van der Waals surface area contributed by atoms with Crippen LogP contribution in [-0.2, 0) is 11.3 Å². The van der Waals surface area contributed by atoms with Gasteiger partial charge in [0.15, 0.2) is 11.5 Å². The standard InChI is InChI=1S/C15H21F2NO3/c1-10(12-6-7-20-9-12)18-8-11-4-3-5-13(19-2)14(11)21-15(16)17/h3-5,10,12,15,18H,6-9H2,1-2H3. The van der Waals surface area contributed by atoms with E-state index in [1.54, 1.807) is 18.2 Å². The Morgan fingerprint density at radius 1 is 1.43 bits per heavy atom. The quantitative estimate of drug-likeness (QED) is 0.840. The highest BCUT2D eigenvalue weighted by molar-refractivity contribution is 5.46. The first kappa shape index (κ1) is 16.0. The predicted molar refractivity (Wildman–Crippen MR) is 74.9 cm³/mol. The molecule has 1 aliphatic rings. The zero-order valence-electron chi connectivity index (χ0n) is 12.3. The summed E-state index contributed by atoms with van der Waals surface area (Å²) in [4.78, 5) is 0. The number of ether oxygens (including phenoxy) is 3. The fourth-order valence-corrected chi connectivity index (χ4v) is 2.47. The molecule has 4 nitrogen and oxygen atoms in total. The van der Waals surface area contributed by atoms with Crippen LogP contribution in [0.3, 0.4) is 0 Å². The molecule has 1 aromatic carbocycles. The molecule has 6 heteroatoms. The SMILES string of the molecule is COc1cccc(CNC(C)C2CCOC2)c1OC(F)F. The first-order valence-electron chi connectivity index (χ1n) is 7.03. The van der Waals surface area contributed by atoms with E-state index in [4.69, 9.17) is 9.47 Å². The van der Waals surface area contributed by atoms with Crippen LogP contribution in [0.1, 0.15) is 18.9 Å². The third-order valence-electron chi connectivity index (χ3n) is 3.77. The number of hydrogen-bond acceptors (Lipinski definition) is 4. The number of methoxy groups -OCH3 is 1. The maximum Gasteiger partial charge on any atom is 0.387 e. The van der Waals surface area contributed by atoms with E-state index >= 15 is 0 Å². The van der Waals surface area contributed by atoms with Gasteiger partial charge >= 0.3 is 6.61 Å². The van der Waals surface area contributed by atoms with Crippen LogP contribution in [0.15, 0.2) is 18.2 Å². The molecule has 21 heavy (non-hydrogen) atoms. The number of alkyl halides is 2. The minimum Gasteiger partial charge on any atom is -0.493 e. The van der Waals surface area contributed by atoms with E-state index in [0.717, 1.165) is 19.6 Å². The lowest BCUT2D eigenvalue weighted by Crippen LogP contribution is -2.33. The Morgan fingerprint density at radius 2 is 2.24 bits per heavy atom. The van der Waals surface area contributed by atoms with E-state index < -0.39 is 6.61 Å². The van der Waals surface area contributed by atoms with Gasteiger partial charge in [-0.2, -0.15) is 8.78 Å². The lowest BCUT2D eigenvalue weighted by atomic mass is 10.0. The molecular formula is C15H21F2NO3. The van der Waals surface area contributed by atoms with Gasteiger partial charge in [0.1, 0.15) is 0 Å². The fourth-order valence-electron chi connectivity index (χ4n) is 2.47. The second kappa shape index (κ2) is 7.56. The molecule has 1 fully saturated rings. The Bertz CT molecular complexity index is 451. The third-order valence-corrected chi connectivity index (χ3v) is 3.77. The molecule has 0 bridgehead atoms. The van der Waals surface area contributed by atoms with E-state index in [2.05, 4.69) is 17.0 Å². The monoisotopic (exact) mass is 301 g/mol. The number of nitrogens with one attached hydrogen (secondary N) is 1. The van der Waals surface area contributed by atoms with Crippen LogP contribution in [0.2, 0.25) is 0 Å². The molecule has 1 aromatic rings. The molecule has 0 radical (unpaired) electrons. The number of para-hydroxylation sites is 1. The van der Waals surface area contributed by atoms with Crippen LogP contribution in [0.25, 0.3) is 0 Å². The van der Waals surface area contributed by atoms with Crippen LogP contribution in [0.5, 0.6) is 11.5 Å². The first-order valence-corrected chi connectivity index (χ1v) is 7.03. The highest BCUT2D eigenvalue weighted by atomic mass is 19.3. The van der Waals surface area contributed by atoms with Gasteiger partial charge in [-0.05, 0) is 25.3 Å². The van der Waals surface area contributed by atoms with Crippen LogP contribution >= 0.6 is 0 Å². The number of hydrogen-bond donors (Lipinski definition) is 1. The minimum atomic E-state index is -2.87. The maximum absolute atomic E-state index is 12.5. The van der Waals surface area contributed by atoms with Crippen molar-refractivity contribution in [2.24, 2.45) is 5.92 Å². The molecule has 118 valence electrons. The molecular weight excluding hydrogens is 280 g/mol. The van der Waals surface area contributed by atoms with Crippen molar-refractivity contribution in [2.45, 2.75) is 32.5 Å². The van der Waals surface area contributed by atoms with Crippen molar-refractivity contribution in [1.29, 1.82) is 0 Å². The molecule has 1 saturated heterocycles. The first-order chi connectivity index (χ1) is 10.1. The Morgan fingerprint density at radius 3 is 2.86 bits per heavy atom. The molecule has 2 rings (SSSR count). The molecule has 0 aliphatic carbocycles. The van der Waals surface area contributed by atoms with Crippen LogP contribution in [0.4, 0.5) is 8.78 Å². The van der Waals surface area contributed by atoms with Crippen molar-refractivity contribution in [3.05, 3.63) is 23.8 Å². The maximum atomic E-state index is 12.5. The van der Waals surface area contributed by atoms with E-state index in [1.165, 1.54) is 7.11 Å². The van der Waals surface area contributed by atoms with E-state index in [9.17, 15) is 8.78 Å². The second-order valence-electron chi connectivity index (χ2n) is 5.12. The zero-order valence-corrected chi connectivity index (χ0v) is 12.3. The largest absolute Gasteiger partial charge is 0.493 e. The Hall–Kier alpha value is -1.40. The van der Waals surface area contributed by atoms with Gasteiger partial charge < -0.3 is 19.5 Å². The topological polar surface area (TPSA) is 39.7 Å². The summed E-state index contributed by atoms with van der Waals surface area (Å²) in [7, 11) is 1.43. The van der Waals surface area contributed by atoms with Crippen molar-refractivity contribution in [1.82, 2.24) is 5.32 Å². The predicted octanol–water partition coefficient (Wildman–Crippen LogP) is 2.81. The number of benzene rings is 1. The molecule has 1 aliphatic heterocycles. The number of rotatable bonds is 7. The smallest absolute Gasteiger partial charge is 0.387 e. The molecule has 0 saturated carbocycles. The zero-order chi connectivity index (χ0) is 15.2. The molecule has 0 amide bonds. The lowest BCUT2D eigenvalue weighted by Gasteiger charge is -2.21. The molecule has 0 aromatic heterocycles. The van der Waals surface area contributed by atoms with E-state index in [0.29, 0.717) is 23.8 Å². The minimum absolute atomic E-state index is 0.0948. The summed E-state index contributed by atoms with van der Waals surface area (Å²) in [5.74, 6) is 0.860. The summed E-state index contributed by atoms with van der Waals surface area (Å²) in [6, 6.07) is 5.37. The van der Waals surface area contributed by atoms with Crippen molar-refractivity contribution in [3.8, 4) is 11.5 Å². The van der Waals surface area contributed by atoms with Gasteiger partial charge in [-0.25, -0.2) is 0 Å². The summed E-state index contributed by atoms with van der Waals surface area (Å²) in [5.41, 5.74) is 0.653. The van der Waals surface area contributed by atoms with Gasteiger partial charge in [-0.15, -0.1) is 0 Å². The fraction of sp³-hybridized carbons (Fsp3) is 0.600. The normalized spacial score (nSPS) is 19.8. The van der Waals surface area contributed by atoms with Gasteiger partial charge in [0, 0.05) is 24.8 Å². The van der Waals surface area contributed by atoms with Crippen LogP contribution in [-0.4, -0.2) is 33.0 Å². The van der Waals surface area contributed by atoms with Crippen molar-refractivity contribution >= 4 is 0 Å². The Balaban J connectivity index is 2.04. The van der Waals surface area contributed by atoms with Crippen molar-refractivity contribution < 1.29 is 23.0 Å². The van der Waals surface area contributed by atoms with Crippen LogP contribution in [0, 0.1) is 5.92 Å². The van der Waals surface area contributed by atoms with Crippen molar-refractivity contribution in [3.63, 3.8) is 0 Å². The van der Waals surface area contributed by atoms with Gasteiger partial charge in [-0.3, -0.25) is 0 Å². The summed E-state index contributed by atoms with van der Waals surface area (Å²) in [5, 5.41) is 3.35. The third kappa shape index (κ3) is 4.28. The molecule has 1 heterocycles.